The zero-order valence-corrected chi connectivity index (χ0v) is 27.6. The van der Waals surface area contributed by atoms with Crippen LogP contribution in [-0.4, -0.2) is 9.13 Å². The molecule has 0 saturated carbocycles. The third kappa shape index (κ3) is 4.19. The molecule has 8 aromatic carbocycles. The molecule has 3 heteroatoms. The lowest BCUT2D eigenvalue weighted by atomic mass is 10.0. The first-order chi connectivity index (χ1) is 25.3. The summed E-state index contributed by atoms with van der Waals surface area (Å²) in [7, 11) is 0. The van der Waals surface area contributed by atoms with Gasteiger partial charge in [-0.2, -0.15) is 0 Å². The summed E-state index contributed by atoms with van der Waals surface area (Å²) in [5.41, 5.74) is 13.5. The van der Waals surface area contributed by atoms with Gasteiger partial charge in [0, 0.05) is 38.0 Å². The van der Waals surface area contributed by atoms with Crippen LogP contribution in [0, 0.1) is 0 Å². The van der Waals surface area contributed by atoms with Gasteiger partial charge in [0.15, 0.2) is 5.58 Å². The molecule has 0 radical (unpaired) electrons. The molecule has 0 aliphatic carbocycles. The van der Waals surface area contributed by atoms with Gasteiger partial charge in [-0.25, -0.2) is 0 Å². The van der Waals surface area contributed by atoms with Crippen molar-refractivity contribution in [1.82, 2.24) is 9.13 Å². The lowest BCUT2D eigenvalue weighted by Crippen LogP contribution is -1.94. The van der Waals surface area contributed by atoms with Gasteiger partial charge in [-0.3, -0.25) is 0 Å². The van der Waals surface area contributed by atoms with E-state index in [1.165, 1.54) is 60.5 Å². The van der Waals surface area contributed by atoms with Gasteiger partial charge in [-0.05, 0) is 89.0 Å². The molecule has 0 fully saturated rings. The number of fused-ring (bicyclic) bond motifs is 9. The summed E-state index contributed by atoms with van der Waals surface area (Å²) in [6.45, 7) is 0. The van der Waals surface area contributed by atoms with Crippen LogP contribution in [0.5, 0.6) is 0 Å². The van der Waals surface area contributed by atoms with Crippen LogP contribution in [0.15, 0.2) is 186 Å². The van der Waals surface area contributed by atoms with Gasteiger partial charge in [-0.1, -0.05) is 115 Å². The third-order valence-corrected chi connectivity index (χ3v) is 10.5. The van der Waals surface area contributed by atoms with Crippen molar-refractivity contribution in [3.05, 3.63) is 182 Å². The summed E-state index contributed by atoms with van der Waals surface area (Å²) in [6.07, 6.45) is 0. The van der Waals surface area contributed by atoms with E-state index in [0.717, 1.165) is 38.7 Å². The molecule has 0 saturated heterocycles. The second-order valence-corrected chi connectivity index (χ2v) is 13.3. The number of hydrogen-bond donors (Lipinski definition) is 0. The van der Waals surface area contributed by atoms with Gasteiger partial charge >= 0.3 is 0 Å². The number of aromatic nitrogens is 2. The van der Waals surface area contributed by atoms with Crippen molar-refractivity contribution < 1.29 is 4.42 Å². The monoisotopic (exact) mass is 650 g/mol. The van der Waals surface area contributed by atoms with E-state index in [-0.39, 0.29) is 0 Å². The highest BCUT2D eigenvalue weighted by molar-refractivity contribution is 6.14. The molecule has 0 aliphatic rings. The van der Waals surface area contributed by atoms with Gasteiger partial charge < -0.3 is 13.6 Å². The number of nitrogens with zero attached hydrogens (tertiary/aromatic N) is 2. The normalized spacial score (nSPS) is 11.9. The van der Waals surface area contributed by atoms with E-state index in [1.54, 1.807) is 0 Å². The van der Waals surface area contributed by atoms with E-state index >= 15 is 0 Å². The van der Waals surface area contributed by atoms with Crippen LogP contribution >= 0.6 is 0 Å². The molecule has 3 aromatic heterocycles. The molecule has 3 heterocycles. The Balaban J connectivity index is 1.08. The number of para-hydroxylation sites is 4. The largest absolute Gasteiger partial charge is 0.454 e. The molecule has 0 unspecified atom stereocenters. The highest BCUT2D eigenvalue weighted by atomic mass is 16.3. The van der Waals surface area contributed by atoms with Crippen molar-refractivity contribution >= 4 is 65.6 Å². The van der Waals surface area contributed by atoms with Crippen molar-refractivity contribution in [1.29, 1.82) is 0 Å². The zero-order valence-electron chi connectivity index (χ0n) is 27.6. The Hall–Kier alpha value is -6.84. The van der Waals surface area contributed by atoms with Crippen LogP contribution in [0.3, 0.4) is 0 Å². The minimum absolute atomic E-state index is 0.884. The van der Waals surface area contributed by atoms with E-state index in [1.807, 2.05) is 0 Å². The van der Waals surface area contributed by atoms with E-state index < -0.39 is 0 Å². The predicted octanol–water partition coefficient (Wildman–Crippen LogP) is 13.1. The highest BCUT2D eigenvalue weighted by Crippen LogP contribution is 2.41. The standard InChI is InChI=1S/C48H30N2O/c1-3-12-31(13-4-1)32-22-26-45-40(28-32)37-17-8-10-20-43(37)50(45)46-21-11-18-38-41-30-34(24-27-47(41)51-48(38)46)33-23-25-44-39(29-33)36-16-7-9-19-42(36)49(44)35-14-5-2-6-15-35/h1-30H. The molecule has 0 bridgehead atoms. The smallest absolute Gasteiger partial charge is 0.159 e. The Kier molecular flexibility index (Phi) is 5.96. The van der Waals surface area contributed by atoms with Gasteiger partial charge in [0.25, 0.3) is 0 Å². The second-order valence-electron chi connectivity index (χ2n) is 13.3. The molecular weight excluding hydrogens is 621 g/mol. The lowest BCUT2D eigenvalue weighted by molar-refractivity contribution is 0.666. The van der Waals surface area contributed by atoms with Crippen molar-refractivity contribution in [2.75, 3.05) is 0 Å². The number of furan rings is 1. The van der Waals surface area contributed by atoms with E-state index in [9.17, 15) is 0 Å². The molecule has 0 spiro atoms. The summed E-state index contributed by atoms with van der Waals surface area (Å²) >= 11 is 0. The molecule has 11 aromatic rings. The number of benzene rings is 8. The van der Waals surface area contributed by atoms with Crippen LogP contribution in [0.4, 0.5) is 0 Å². The minimum Gasteiger partial charge on any atom is -0.454 e. The van der Waals surface area contributed by atoms with Gasteiger partial charge in [0.2, 0.25) is 0 Å². The van der Waals surface area contributed by atoms with Crippen molar-refractivity contribution in [3.63, 3.8) is 0 Å². The Labute approximate surface area is 293 Å². The quantitative estimate of drug-likeness (QED) is 0.186. The van der Waals surface area contributed by atoms with Crippen molar-refractivity contribution in [2.45, 2.75) is 0 Å². The predicted molar refractivity (Wildman–Crippen MR) is 213 cm³/mol. The summed E-state index contributed by atoms with van der Waals surface area (Å²) in [5, 5.41) is 7.17. The molecule has 51 heavy (non-hydrogen) atoms. The van der Waals surface area contributed by atoms with Crippen molar-refractivity contribution in [3.8, 4) is 33.6 Å². The maximum Gasteiger partial charge on any atom is 0.159 e. The first kappa shape index (κ1) is 28.0. The van der Waals surface area contributed by atoms with Crippen molar-refractivity contribution in [2.24, 2.45) is 0 Å². The first-order valence-electron chi connectivity index (χ1n) is 17.4. The fourth-order valence-corrected chi connectivity index (χ4v) is 8.19. The highest BCUT2D eigenvalue weighted by Gasteiger charge is 2.19. The second kappa shape index (κ2) is 10.8. The van der Waals surface area contributed by atoms with E-state index in [2.05, 4.69) is 191 Å². The molecular formula is C48H30N2O. The number of rotatable bonds is 4. The van der Waals surface area contributed by atoms with Crippen LogP contribution in [0.25, 0.3) is 99.2 Å². The van der Waals surface area contributed by atoms with Crippen LogP contribution < -0.4 is 0 Å². The Bertz CT molecular complexity index is 3130. The summed E-state index contributed by atoms with van der Waals surface area (Å²) < 4.78 is 11.5. The Morgan fingerprint density at radius 1 is 0.314 bits per heavy atom. The maximum atomic E-state index is 6.75. The van der Waals surface area contributed by atoms with Crippen LogP contribution in [0.1, 0.15) is 0 Å². The minimum atomic E-state index is 0.884. The molecule has 0 N–H and O–H groups in total. The maximum absolute atomic E-state index is 6.75. The molecule has 0 aliphatic heterocycles. The summed E-state index contributed by atoms with van der Waals surface area (Å²) in [6, 6.07) is 65.4. The van der Waals surface area contributed by atoms with Crippen LogP contribution in [-0.2, 0) is 0 Å². The van der Waals surface area contributed by atoms with Gasteiger partial charge in [-0.15, -0.1) is 0 Å². The van der Waals surface area contributed by atoms with Gasteiger partial charge in [0.1, 0.15) is 5.58 Å². The molecule has 0 amide bonds. The van der Waals surface area contributed by atoms with Gasteiger partial charge in [0.05, 0.1) is 27.8 Å². The average Bonchev–Trinajstić information content (AvgIpc) is 3.85. The fourth-order valence-electron chi connectivity index (χ4n) is 8.19. The topological polar surface area (TPSA) is 23.0 Å². The van der Waals surface area contributed by atoms with Crippen LogP contribution in [0.2, 0.25) is 0 Å². The molecule has 3 nitrogen and oxygen atoms in total. The lowest BCUT2D eigenvalue weighted by Gasteiger charge is -2.09. The molecule has 0 atom stereocenters. The molecule has 238 valence electrons. The fraction of sp³-hybridized carbons (Fsp3) is 0. The SMILES string of the molecule is c1ccc(-c2ccc3c(c2)c2ccccc2n3-c2cccc3c2oc2ccc(-c4ccc5c(c4)c4ccccc4n5-c4ccccc4)cc23)cc1. The van der Waals surface area contributed by atoms with E-state index in [4.69, 9.17) is 4.42 Å². The Morgan fingerprint density at radius 2 is 0.824 bits per heavy atom. The Morgan fingerprint density at radius 3 is 1.53 bits per heavy atom. The summed E-state index contributed by atoms with van der Waals surface area (Å²) in [4.78, 5) is 0. The average molecular weight is 651 g/mol. The first-order valence-corrected chi connectivity index (χ1v) is 17.4. The summed E-state index contributed by atoms with van der Waals surface area (Å²) in [5.74, 6) is 0. The van der Waals surface area contributed by atoms with E-state index in [0.29, 0.717) is 0 Å². The molecule has 11 rings (SSSR count). The third-order valence-electron chi connectivity index (χ3n) is 10.5. The number of hydrogen-bond acceptors (Lipinski definition) is 1. The zero-order chi connectivity index (χ0) is 33.5.